The van der Waals surface area contributed by atoms with Gasteiger partial charge in [-0.2, -0.15) is 0 Å². The minimum Gasteiger partial charge on any atom is -0.424 e. The molecule has 0 radical (unpaired) electrons. The lowest BCUT2D eigenvalue weighted by Gasteiger charge is -2.33. The van der Waals surface area contributed by atoms with Crippen LogP contribution in [0.4, 0.5) is 16.2 Å². The molecule has 7 nitrogen and oxygen atoms in total. The highest BCUT2D eigenvalue weighted by Gasteiger charge is 2.26. The molecule has 0 saturated carbocycles. The lowest BCUT2D eigenvalue weighted by molar-refractivity contribution is 0.165. The summed E-state index contributed by atoms with van der Waals surface area (Å²) in [4.78, 5) is 14.7. The highest BCUT2D eigenvalue weighted by atomic mass is 16.4. The zero-order valence-corrected chi connectivity index (χ0v) is 16.7. The van der Waals surface area contributed by atoms with Gasteiger partial charge in [-0.25, -0.2) is 4.79 Å². The van der Waals surface area contributed by atoms with E-state index in [2.05, 4.69) is 38.7 Å². The summed E-state index contributed by atoms with van der Waals surface area (Å²) in [6.07, 6.45) is 1.58. The summed E-state index contributed by atoms with van der Waals surface area (Å²) in [6, 6.07) is 15.3. The lowest BCUT2D eigenvalue weighted by Crippen LogP contribution is -2.33. The van der Waals surface area contributed by atoms with Gasteiger partial charge in [-0.3, -0.25) is 4.90 Å². The molecule has 0 bridgehead atoms. The van der Waals surface area contributed by atoms with Crippen LogP contribution >= 0.6 is 0 Å². The predicted octanol–water partition coefficient (Wildman–Crippen LogP) is 4.40. The van der Waals surface area contributed by atoms with Crippen molar-refractivity contribution in [1.82, 2.24) is 15.1 Å². The Bertz CT molecular complexity index is 986. The third-order valence-corrected chi connectivity index (χ3v) is 5.27. The first-order valence-electron chi connectivity index (χ1n) is 9.94. The molecule has 0 spiro atoms. The van der Waals surface area contributed by atoms with E-state index in [-0.39, 0.29) is 12.1 Å². The Hall–Kier alpha value is -3.19. The molecule has 0 saturated heterocycles. The second-order valence-corrected chi connectivity index (χ2v) is 7.17. The van der Waals surface area contributed by atoms with Crippen LogP contribution in [0.15, 0.2) is 52.9 Å². The largest absolute Gasteiger partial charge is 0.424 e. The molecule has 3 aromatic rings. The minimum absolute atomic E-state index is 0.0499. The topological polar surface area (TPSA) is 83.3 Å². The SMILES string of the molecule is CCc1nnc([C@@H](C)N2CCc3c(cccc3NC(=O)Nc3ccccc3)C2)o1. The van der Waals surface area contributed by atoms with E-state index in [1.165, 1.54) is 11.1 Å². The Morgan fingerprint density at radius 3 is 2.72 bits per heavy atom. The molecule has 0 fully saturated rings. The number of urea groups is 1. The highest BCUT2D eigenvalue weighted by molar-refractivity contribution is 6.00. The summed E-state index contributed by atoms with van der Waals surface area (Å²) in [6.45, 7) is 5.72. The van der Waals surface area contributed by atoms with Crippen molar-refractivity contribution in [3.05, 3.63) is 71.4 Å². The van der Waals surface area contributed by atoms with Gasteiger partial charge in [0.2, 0.25) is 11.8 Å². The van der Waals surface area contributed by atoms with Gasteiger partial charge >= 0.3 is 6.03 Å². The van der Waals surface area contributed by atoms with Crippen LogP contribution in [0.25, 0.3) is 0 Å². The number of nitrogens with one attached hydrogen (secondary N) is 2. The van der Waals surface area contributed by atoms with Gasteiger partial charge in [-0.15, -0.1) is 10.2 Å². The van der Waals surface area contributed by atoms with E-state index in [9.17, 15) is 4.79 Å². The van der Waals surface area contributed by atoms with Crippen LogP contribution < -0.4 is 10.6 Å². The van der Waals surface area contributed by atoms with Crippen LogP contribution in [0, 0.1) is 0 Å². The fourth-order valence-corrected chi connectivity index (χ4v) is 3.62. The maximum Gasteiger partial charge on any atom is 0.323 e. The molecular weight excluding hydrogens is 366 g/mol. The fourth-order valence-electron chi connectivity index (χ4n) is 3.62. The fraction of sp³-hybridized carbons (Fsp3) is 0.318. The molecular formula is C22H25N5O2. The number of para-hydroxylation sites is 1. The van der Waals surface area contributed by atoms with E-state index in [1.54, 1.807) is 0 Å². The van der Waals surface area contributed by atoms with Gasteiger partial charge < -0.3 is 15.1 Å². The van der Waals surface area contributed by atoms with Gasteiger partial charge in [0.25, 0.3) is 0 Å². The quantitative estimate of drug-likeness (QED) is 0.674. The molecule has 150 valence electrons. The molecule has 2 amide bonds. The number of hydrogen-bond donors (Lipinski definition) is 2. The van der Waals surface area contributed by atoms with Gasteiger partial charge in [0, 0.05) is 30.9 Å². The number of aryl methyl sites for hydroxylation is 1. The Morgan fingerprint density at radius 2 is 1.97 bits per heavy atom. The van der Waals surface area contributed by atoms with Crippen LogP contribution in [0.3, 0.4) is 0 Å². The number of carbonyl (C=O) groups is 1. The van der Waals surface area contributed by atoms with Crippen molar-refractivity contribution in [3.63, 3.8) is 0 Å². The van der Waals surface area contributed by atoms with Crippen molar-refractivity contribution in [2.24, 2.45) is 0 Å². The number of amides is 2. The number of fused-ring (bicyclic) bond motifs is 1. The molecule has 1 aliphatic rings. The second kappa shape index (κ2) is 8.45. The van der Waals surface area contributed by atoms with E-state index in [0.29, 0.717) is 11.8 Å². The van der Waals surface area contributed by atoms with Gasteiger partial charge in [-0.1, -0.05) is 37.3 Å². The number of benzene rings is 2. The van der Waals surface area contributed by atoms with E-state index < -0.39 is 0 Å². The summed E-state index contributed by atoms with van der Waals surface area (Å²) in [7, 11) is 0. The summed E-state index contributed by atoms with van der Waals surface area (Å²) in [5.41, 5.74) is 4.00. The molecule has 0 aliphatic carbocycles. The van der Waals surface area contributed by atoms with E-state index in [4.69, 9.17) is 4.42 Å². The van der Waals surface area contributed by atoms with Crippen LogP contribution in [-0.2, 0) is 19.4 Å². The maximum atomic E-state index is 12.4. The van der Waals surface area contributed by atoms with E-state index in [1.807, 2.05) is 49.4 Å². The number of rotatable bonds is 5. The van der Waals surface area contributed by atoms with Gasteiger partial charge in [-0.05, 0) is 42.7 Å². The van der Waals surface area contributed by atoms with Crippen LogP contribution in [0.5, 0.6) is 0 Å². The van der Waals surface area contributed by atoms with Gasteiger partial charge in [0.1, 0.15) is 0 Å². The molecule has 0 unspecified atom stereocenters. The first-order valence-corrected chi connectivity index (χ1v) is 9.94. The molecule has 29 heavy (non-hydrogen) atoms. The molecule has 1 aliphatic heterocycles. The van der Waals surface area contributed by atoms with Crippen LogP contribution in [0.2, 0.25) is 0 Å². The minimum atomic E-state index is -0.238. The molecule has 7 heteroatoms. The average Bonchev–Trinajstić information content (AvgIpc) is 3.23. The lowest BCUT2D eigenvalue weighted by atomic mass is 9.96. The number of anilines is 2. The molecule has 2 heterocycles. The Labute approximate surface area is 170 Å². The predicted molar refractivity (Wildman–Crippen MR) is 112 cm³/mol. The number of carbonyl (C=O) groups excluding carboxylic acids is 1. The third-order valence-electron chi connectivity index (χ3n) is 5.27. The zero-order chi connectivity index (χ0) is 20.2. The summed E-state index contributed by atoms with van der Waals surface area (Å²) in [5.74, 6) is 1.32. The number of aromatic nitrogens is 2. The summed E-state index contributed by atoms with van der Waals surface area (Å²) >= 11 is 0. The first-order chi connectivity index (χ1) is 14.1. The average molecular weight is 391 g/mol. The molecule has 1 aromatic heterocycles. The third kappa shape index (κ3) is 4.30. The van der Waals surface area contributed by atoms with Gasteiger partial charge in [0.05, 0.1) is 6.04 Å². The standard InChI is InChI=1S/C22H25N5O2/c1-3-20-25-26-21(29-20)15(2)27-13-12-18-16(14-27)8-7-11-19(18)24-22(28)23-17-9-5-4-6-10-17/h4-11,15H,3,12-14H2,1-2H3,(H2,23,24,28)/t15-/m1/s1. The Kier molecular flexibility index (Phi) is 5.57. The van der Waals surface area contributed by atoms with E-state index >= 15 is 0 Å². The maximum absolute atomic E-state index is 12.4. The van der Waals surface area contributed by atoms with Crippen LogP contribution in [-0.4, -0.2) is 27.7 Å². The molecule has 2 aromatic carbocycles. The molecule has 1 atom stereocenters. The number of nitrogens with zero attached hydrogens (tertiary/aromatic N) is 3. The summed E-state index contributed by atoms with van der Waals surface area (Å²) in [5, 5.41) is 14.1. The van der Waals surface area contributed by atoms with Gasteiger partial charge in [0.15, 0.2) is 0 Å². The van der Waals surface area contributed by atoms with Crippen molar-refractivity contribution in [2.75, 3.05) is 17.2 Å². The highest BCUT2D eigenvalue weighted by Crippen LogP contribution is 2.31. The molecule has 4 rings (SSSR count). The van der Waals surface area contributed by atoms with Crippen molar-refractivity contribution in [1.29, 1.82) is 0 Å². The van der Waals surface area contributed by atoms with Crippen molar-refractivity contribution >= 4 is 17.4 Å². The zero-order valence-electron chi connectivity index (χ0n) is 16.7. The first kappa shape index (κ1) is 19.1. The Morgan fingerprint density at radius 1 is 1.14 bits per heavy atom. The monoisotopic (exact) mass is 391 g/mol. The second-order valence-electron chi connectivity index (χ2n) is 7.17. The smallest absolute Gasteiger partial charge is 0.323 e. The van der Waals surface area contributed by atoms with Crippen LogP contribution in [0.1, 0.15) is 42.8 Å². The van der Waals surface area contributed by atoms with Crippen molar-refractivity contribution < 1.29 is 9.21 Å². The molecule has 2 N–H and O–H groups in total. The normalized spacial score (nSPS) is 14.8. The van der Waals surface area contributed by atoms with Crippen molar-refractivity contribution in [3.8, 4) is 0 Å². The Balaban J connectivity index is 1.45. The number of hydrogen-bond acceptors (Lipinski definition) is 5. The summed E-state index contributed by atoms with van der Waals surface area (Å²) < 4.78 is 5.74. The van der Waals surface area contributed by atoms with Crippen molar-refractivity contribution in [2.45, 2.75) is 39.3 Å². The van der Waals surface area contributed by atoms with E-state index in [0.717, 1.165) is 37.3 Å².